The number of likely N-dealkylation sites (tertiary alicyclic amines) is 1. The molecule has 2 N–H and O–H groups in total. The Kier molecular flexibility index (Phi) is 6.55. The van der Waals surface area contributed by atoms with Gasteiger partial charge in [0, 0.05) is 37.2 Å². The molecule has 3 rings (SSSR count). The molecule has 7 nitrogen and oxygen atoms in total. The van der Waals surface area contributed by atoms with Gasteiger partial charge in [0.1, 0.15) is 0 Å². The van der Waals surface area contributed by atoms with Crippen LogP contribution in [0.1, 0.15) is 42.5 Å². The van der Waals surface area contributed by atoms with Crippen LogP contribution < -0.4 is 20.1 Å². The van der Waals surface area contributed by atoms with Crippen molar-refractivity contribution in [3.63, 3.8) is 0 Å². The van der Waals surface area contributed by atoms with Crippen LogP contribution in [0.4, 0.5) is 0 Å². The molecule has 7 heteroatoms. The second-order valence-corrected chi connectivity index (χ2v) is 7.20. The number of carbonyl (C=O) groups is 2. The summed E-state index contributed by atoms with van der Waals surface area (Å²) in [5, 5.41) is 6.47. The number of rotatable bonds is 6. The quantitative estimate of drug-likeness (QED) is 0.789. The van der Waals surface area contributed by atoms with E-state index in [1.807, 2.05) is 4.90 Å². The fourth-order valence-corrected chi connectivity index (χ4v) is 3.82. The maximum atomic E-state index is 12.8. The van der Waals surface area contributed by atoms with Gasteiger partial charge in [-0.1, -0.05) is 0 Å². The highest BCUT2D eigenvalue weighted by atomic mass is 16.5. The minimum absolute atomic E-state index is 0.0177. The molecular weight excluding hydrogens is 346 g/mol. The van der Waals surface area contributed by atoms with E-state index in [9.17, 15) is 9.59 Å². The van der Waals surface area contributed by atoms with E-state index in [2.05, 4.69) is 10.6 Å². The summed E-state index contributed by atoms with van der Waals surface area (Å²) in [5.41, 5.74) is 0.586. The zero-order chi connectivity index (χ0) is 19.2. The Morgan fingerprint density at radius 2 is 1.89 bits per heavy atom. The molecule has 0 aromatic heterocycles. The summed E-state index contributed by atoms with van der Waals surface area (Å²) in [6.45, 7) is 2.29. The predicted octanol–water partition coefficient (Wildman–Crippen LogP) is 1.57. The smallest absolute Gasteiger partial charge is 0.253 e. The lowest BCUT2D eigenvalue weighted by Crippen LogP contribution is -2.47. The molecule has 2 fully saturated rings. The van der Waals surface area contributed by atoms with Gasteiger partial charge in [-0.3, -0.25) is 9.59 Å². The second-order valence-electron chi connectivity index (χ2n) is 7.20. The van der Waals surface area contributed by atoms with Gasteiger partial charge in [0.15, 0.2) is 11.5 Å². The van der Waals surface area contributed by atoms with Gasteiger partial charge in [-0.15, -0.1) is 0 Å². The van der Waals surface area contributed by atoms with Crippen LogP contribution in [0.15, 0.2) is 18.2 Å². The second kappa shape index (κ2) is 9.08. The van der Waals surface area contributed by atoms with Crippen LogP contribution in [-0.2, 0) is 4.79 Å². The van der Waals surface area contributed by atoms with E-state index in [0.717, 1.165) is 32.2 Å². The number of nitrogens with zero attached hydrogens (tertiary/aromatic N) is 1. The van der Waals surface area contributed by atoms with Crippen molar-refractivity contribution in [1.29, 1.82) is 0 Å². The van der Waals surface area contributed by atoms with Gasteiger partial charge in [-0.25, -0.2) is 0 Å². The maximum absolute atomic E-state index is 12.8. The molecule has 0 bridgehead atoms. The molecule has 2 saturated heterocycles. The Labute approximate surface area is 160 Å². The van der Waals surface area contributed by atoms with Crippen LogP contribution in [0.2, 0.25) is 0 Å². The van der Waals surface area contributed by atoms with Crippen LogP contribution in [0, 0.1) is 0 Å². The zero-order valence-corrected chi connectivity index (χ0v) is 16.1. The number of hydrogen-bond acceptors (Lipinski definition) is 5. The number of methoxy groups -OCH3 is 2. The molecular formula is C20H29N3O4. The van der Waals surface area contributed by atoms with E-state index in [0.29, 0.717) is 42.6 Å². The van der Waals surface area contributed by atoms with Gasteiger partial charge in [-0.05, 0) is 50.4 Å². The van der Waals surface area contributed by atoms with Gasteiger partial charge in [0.25, 0.3) is 5.91 Å². The van der Waals surface area contributed by atoms with Crippen molar-refractivity contribution < 1.29 is 19.1 Å². The maximum Gasteiger partial charge on any atom is 0.253 e. The highest BCUT2D eigenvalue weighted by Crippen LogP contribution is 2.28. The number of carbonyl (C=O) groups excluding carboxylic acids is 2. The van der Waals surface area contributed by atoms with Gasteiger partial charge >= 0.3 is 0 Å². The lowest BCUT2D eigenvalue weighted by Gasteiger charge is -2.32. The van der Waals surface area contributed by atoms with Gasteiger partial charge in [-0.2, -0.15) is 0 Å². The van der Waals surface area contributed by atoms with Crippen LogP contribution >= 0.6 is 0 Å². The third-order valence-electron chi connectivity index (χ3n) is 5.37. The fourth-order valence-electron chi connectivity index (χ4n) is 3.82. The normalized spacial score (nSPS) is 20.4. The predicted molar refractivity (Wildman–Crippen MR) is 102 cm³/mol. The van der Waals surface area contributed by atoms with E-state index >= 15 is 0 Å². The van der Waals surface area contributed by atoms with Crippen molar-refractivity contribution in [2.45, 2.75) is 44.2 Å². The summed E-state index contributed by atoms with van der Waals surface area (Å²) in [7, 11) is 3.13. The fraction of sp³-hybridized carbons (Fsp3) is 0.600. The molecule has 0 saturated carbocycles. The minimum atomic E-state index is -0.0177. The Morgan fingerprint density at radius 1 is 1.15 bits per heavy atom. The van der Waals surface area contributed by atoms with E-state index in [4.69, 9.17) is 9.47 Å². The van der Waals surface area contributed by atoms with Crippen LogP contribution in [0.3, 0.4) is 0 Å². The van der Waals surface area contributed by atoms with Crippen molar-refractivity contribution in [2.24, 2.45) is 0 Å². The number of hydrogen-bond donors (Lipinski definition) is 2. The molecule has 0 spiro atoms. The third kappa shape index (κ3) is 4.91. The highest BCUT2D eigenvalue weighted by molar-refractivity contribution is 5.95. The molecule has 2 amide bonds. The Bertz CT molecular complexity index is 665. The Balaban J connectivity index is 1.49. The van der Waals surface area contributed by atoms with E-state index in [1.165, 1.54) is 0 Å². The lowest BCUT2D eigenvalue weighted by atomic mass is 10.0. The van der Waals surface area contributed by atoms with E-state index in [-0.39, 0.29) is 17.9 Å². The summed E-state index contributed by atoms with van der Waals surface area (Å²) in [4.78, 5) is 26.8. The van der Waals surface area contributed by atoms with Crippen molar-refractivity contribution >= 4 is 11.8 Å². The number of nitrogens with one attached hydrogen (secondary N) is 2. The first-order chi connectivity index (χ1) is 13.1. The highest BCUT2D eigenvalue weighted by Gasteiger charge is 2.26. The average Bonchev–Trinajstić information content (AvgIpc) is 3.20. The van der Waals surface area contributed by atoms with E-state index < -0.39 is 0 Å². The summed E-state index contributed by atoms with van der Waals surface area (Å²) in [6.07, 6.45) is 4.33. The van der Waals surface area contributed by atoms with Crippen molar-refractivity contribution in [3.8, 4) is 11.5 Å². The third-order valence-corrected chi connectivity index (χ3v) is 5.37. The number of piperidine rings is 1. The number of ether oxygens (including phenoxy) is 2. The van der Waals surface area contributed by atoms with Crippen molar-refractivity contribution in [1.82, 2.24) is 15.5 Å². The summed E-state index contributed by atoms with van der Waals surface area (Å²) in [5.74, 6) is 1.24. The van der Waals surface area contributed by atoms with Gasteiger partial charge < -0.3 is 25.0 Å². The zero-order valence-electron chi connectivity index (χ0n) is 16.1. The summed E-state index contributed by atoms with van der Waals surface area (Å²) < 4.78 is 10.5. The molecule has 1 unspecified atom stereocenters. The molecule has 2 aliphatic rings. The number of benzene rings is 1. The number of amides is 2. The molecule has 27 heavy (non-hydrogen) atoms. The van der Waals surface area contributed by atoms with Gasteiger partial charge in [0.2, 0.25) is 5.91 Å². The van der Waals surface area contributed by atoms with Gasteiger partial charge in [0.05, 0.1) is 14.2 Å². The molecule has 2 heterocycles. The largest absolute Gasteiger partial charge is 0.493 e. The van der Waals surface area contributed by atoms with Crippen LogP contribution in [0.25, 0.3) is 0 Å². The molecule has 1 aromatic carbocycles. The Morgan fingerprint density at radius 3 is 2.52 bits per heavy atom. The summed E-state index contributed by atoms with van der Waals surface area (Å²) in [6, 6.07) is 5.68. The molecule has 0 aliphatic carbocycles. The SMILES string of the molecule is COc1ccc(C(=O)N2CCC(NC(=O)CC3CCCN3)CC2)cc1OC. The molecule has 148 valence electrons. The first-order valence-corrected chi connectivity index (χ1v) is 9.64. The first kappa shape index (κ1) is 19.5. The minimum Gasteiger partial charge on any atom is -0.493 e. The average molecular weight is 375 g/mol. The Hall–Kier alpha value is -2.28. The van der Waals surface area contributed by atoms with Crippen LogP contribution in [0.5, 0.6) is 11.5 Å². The topological polar surface area (TPSA) is 79.9 Å². The molecule has 1 atom stereocenters. The first-order valence-electron chi connectivity index (χ1n) is 9.64. The molecule has 0 radical (unpaired) electrons. The van der Waals surface area contributed by atoms with Crippen LogP contribution in [-0.4, -0.2) is 62.7 Å². The standard InChI is InChI=1S/C20H29N3O4/c1-26-17-6-5-14(12-18(17)27-2)20(25)23-10-7-15(8-11-23)22-19(24)13-16-4-3-9-21-16/h5-6,12,15-16,21H,3-4,7-11,13H2,1-2H3,(H,22,24). The molecule has 2 aliphatic heterocycles. The summed E-state index contributed by atoms with van der Waals surface area (Å²) >= 11 is 0. The van der Waals surface area contributed by atoms with Crippen molar-refractivity contribution in [2.75, 3.05) is 33.9 Å². The van der Waals surface area contributed by atoms with Crippen molar-refractivity contribution in [3.05, 3.63) is 23.8 Å². The lowest BCUT2D eigenvalue weighted by molar-refractivity contribution is -0.122. The van der Waals surface area contributed by atoms with E-state index in [1.54, 1.807) is 32.4 Å². The molecule has 1 aromatic rings. The monoisotopic (exact) mass is 375 g/mol.